The molecule has 5 rings (SSSR count). The summed E-state index contributed by atoms with van der Waals surface area (Å²) in [6.07, 6.45) is 4.65. The largest absolute Gasteiger partial charge is 0.494 e. The predicted octanol–water partition coefficient (Wildman–Crippen LogP) is 5.59. The van der Waals surface area contributed by atoms with Crippen molar-refractivity contribution in [2.75, 3.05) is 62.0 Å². The third-order valence-corrected chi connectivity index (χ3v) is 7.64. The number of rotatable bonds is 9. The molecule has 0 radical (unpaired) electrons. The number of hydrogen-bond donors (Lipinski definition) is 2. The zero-order valence-corrected chi connectivity index (χ0v) is 24.5. The Balaban J connectivity index is 1.39. The summed E-state index contributed by atoms with van der Waals surface area (Å²) in [5, 5.41) is 23.9. The van der Waals surface area contributed by atoms with Gasteiger partial charge in [-0.25, -0.2) is 4.98 Å². The second kappa shape index (κ2) is 14.1. The predicted molar refractivity (Wildman–Crippen MR) is 165 cm³/mol. The van der Waals surface area contributed by atoms with Gasteiger partial charge in [-0.05, 0) is 37.1 Å². The van der Waals surface area contributed by atoms with Gasteiger partial charge in [0, 0.05) is 38.3 Å². The summed E-state index contributed by atoms with van der Waals surface area (Å²) in [5.41, 5.74) is 2.73. The van der Waals surface area contributed by atoms with Crippen LogP contribution in [-0.2, 0) is 9.53 Å². The highest BCUT2D eigenvalue weighted by Crippen LogP contribution is 2.40. The number of piperidine rings is 1. The Labute approximate surface area is 255 Å². The van der Waals surface area contributed by atoms with Crippen molar-refractivity contribution in [1.82, 2.24) is 14.9 Å². The highest BCUT2D eigenvalue weighted by atomic mass is 35.5. The number of aromatic nitrogens is 2. The molecule has 222 valence electrons. The number of nitrogens with one attached hydrogen (secondary N) is 2. The van der Waals surface area contributed by atoms with Crippen LogP contribution in [0.1, 0.15) is 18.4 Å². The average Bonchev–Trinajstić information content (AvgIpc) is 3.05. The molecular weight excluding hydrogens is 570 g/mol. The molecule has 2 aliphatic rings. The van der Waals surface area contributed by atoms with E-state index >= 15 is 0 Å². The van der Waals surface area contributed by atoms with Crippen molar-refractivity contribution in [3.05, 3.63) is 65.8 Å². The van der Waals surface area contributed by atoms with E-state index in [1.54, 1.807) is 37.4 Å². The van der Waals surface area contributed by atoms with Crippen LogP contribution >= 0.6 is 11.6 Å². The molecule has 2 saturated heterocycles. The average molecular weight is 602 g/mol. The van der Waals surface area contributed by atoms with Gasteiger partial charge >= 0.3 is 0 Å². The lowest BCUT2D eigenvalue weighted by Gasteiger charge is -2.41. The van der Waals surface area contributed by atoms with Crippen LogP contribution < -0.4 is 20.3 Å². The van der Waals surface area contributed by atoms with E-state index in [0.717, 1.165) is 57.9 Å². The molecule has 13 heteroatoms. The molecule has 2 aromatic carbocycles. The number of nitriles is 1. The molecule has 2 aliphatic heterocycles. The molecule has 0 aliphatic carbocycles. The van der Waals surface area contributed by atoms with Gasteiger partial charge in [-0.15, -0.1) is 10.2 Å². The number of nitrogens with zero attached hydrogens (tertiary/aromatic N) is 7. The number of ether oxygens (including phenoxy) is 2. The van der Waals surface area contributed by atoms with Crippen LogP contribution in [0.5, 0.6) is 5.75 Å². The number of morpholine rings is 1. The van der Waals surface area contributed by atoms with Gasteiger partial charge in [0.1, 0.15) is 22.5 Å². The van der Waals surface area contributed by atoms with Crippen LogP contribution in [0.25, 0.3) is 0 Å². The SMILES string of the molecule is C=CC(=O)Nc1cc(Nc2ncc(Cl)c(N=Nc3ccccc3C#N)n2)c(OC)cc1N1CCC(N2CCOCC2)CC1. The summed E-state index contributed by atoms with van der Waals surface area (Å²) in [6.45, 7) is 8.74. The van der Waals surface area contributed by atoms with Gasteiger partial charge in [0.2, 0.25) is 11.9 Å². The lowest BCUT2D eigenvalue weighted by atomic mass is 10.0. The molecule has 1 amide bonds. The molecule has 0 unspecified atom stereocenters. The van der Waals surface area contributed by atoms with Crippen molar-refractivity contribution in [3.8, 4) is 11.8 Å². The summed E-state index contributed by atoms with van der Waals surface area (Å²) < 4.78 is 11.3. The first-order valence-corrected chi connectivity index (χ1v) is 14.3. The molecule has 0 bridgehead atoms. The molecule has 2 N–H and O–H groups in total. The Morgan fingerprint density at radius 3 is 2.67 bits per heavy atom. The summed E-state index contributed by atoms with van der Waals surface area (Å²) in [7, 11) is 1.58. The molecule has 0 spiro atoms. The normalized spacial score (nSPS) is 16.1. The zero-order valence-electron chi connectivity index (χ0n) is 23.8. The fourth-order valence-corrected chi connectivity index (χ4v) is 5.29. The number of anilines is 4. The molecule has 0 atom stereocenters. The van der Waals surface area contributed by atoms with E-state index in [-0.39, 0.29) is 22.7 Å². The topological polar surface area (TPSA) is 140 Å². The number of methoxy groups -OCH3 is 1. The third kappa shape index (κ3) is 7.26. The van der Waals surface area contributed by atoms with Crippen molar-refractivity contribution in [2.24, 2.45) is 10.2 Å². The van der Waals surface area contributed by atoms with Gasteiger partial charge < -0.3 is 25.0 Å². The number of benzene rings is 2. The molecule has 0 saturated carbocycles. The number of carbonyl (C=O) groups is 1. The van der Waals surface area contributed by atoms with Gasteiger partial charge in [0.05, 0.1) is 49.1 Å². The van der Waals surface area contributed by atoms with E-state index in [4.69, 9.17) is 21.1 Å². The maximum Gasteiger partial charge on any atom is 0.247 e. The van der Waals surface area contributed by atoms with E-state index < -0.39 is 0 Å². The van der Waals surface area contributed by atoms with E-state index in [9.17, 15) is 10.1 Å². The van der Waals surface area contributed by atoms with Gasteiger partial charge in [0.15, 0.2) is 5.82 Å². The van der Waals surface area contributed by atoms with Crippen LogP contribution in [-0.4, -0.2) is 73.3 Å². The van der Waals surface area contributed by atoms with Crippen molar-refractivity contribution in [2.45, 2.75) is 18.9 Å². The lowest BCUT2D eigenvalue weighted by molar-refractivity contribution is -0.111. The van der Waals surface area contributed by atoms with Crippen molar-refractivity contribution < 1.29 is 14.3 Å². The minimum Gasteiger partial charge on any atom is -0.494 e. The first kappa shape index (κ1) is 29.9. The number of azo groups is 1. The van der Waals surface area contributed by atoms with Crippen molar-refractivity contribution in [3.63, 3.8) is 0 Å². The summed E-state index contributed by atoms with van der Waals surface area (Å²) in [5.74, 6) is 0.506. The summed E-state index contributed by atoms with van der Waals surface area (Å²) in [4.78, 5) is 25.9. The van der Waals surface area contributed by atoms with Crippen molar-refractivity contribution >= 4 is 52.0 Å². The Kier molecular flexibility index (Phi) is 9.78. The number of hydrogen-bond acceptors (Lipinski definition) is 11. The van der Waals surface area contributed by atoms with E-state index in [0.29, 0.717) is 34.4 Å². The number of carbonyl (C=O) groups excluding carboxylic acids is 1. The van der Waals surface area contributed by atoms with E-state index in [1.165, 1.54) is 12.3 Å². The fourth-order valence-electron chi connectivity index (χ4n) is 5.16. The highest BCUT2D eigenvalue weighted by molar-refractivity contribution is 6.32. The van der Waals surface area contributed by atoms with Gasteiger partial charge in [-0.1, -0.05) is 30.3 Å². The molecule has 3 aromatic rings. The fraction of sp³-hybridized carbons (Fsp3) is 0.333. The minimum atomic E-state index is -0.330. The summed E-state index contributed by atoms with van der Waals surface area (Å²) in [6, 6.07) is 13.1. The maximum atomic E-state index is 12.4. The van der Waals surface area contributed by atoms with Crippen LogP contribution in [0, 0.1) is 11.3 Å². The number of halogens is 1. The Bertz CT molecular complexity index is 1540. The standard InChI is InChI=1S/C30H32ClN9O3/c1-3-28(41)34-24-16-25(27(42-2)17-26(24)40-10-8-21(9-11-40)39-12-14-43-15-13-39)35-30-33-19-22(31)29(36-30)38-37-23-7-5-4-6-20(23)18-32/h3-7,16-17,19,21H,1,8-15H2,2H3,(H,34,41)(H,33,35,36). The van der Waals surface area contributed by atoms with Crippen molar-refractivity contribution in [1.29, 1.82) is 5.26 Å². The van der Waals surface area contributed by atoms with Gasteiger partial charge in [0.25, 0.3) is 0 Å². The van der Waals surface area contributed by atoms with E-state index in [2.05, 4.69) is 53.3 Å². The van der Waals surface area contributed by atoms with Crippen LogP contribution in [0.15, 0.2) is 65.5 Å². The lowest BCUT2D eigenvalue weighted by Crippen LogP contribution is -2.49. The molecule has 12 nitrogen and oxygen atoms in total. The highest BCUT2D eigenvalue weighted by Gasteiger charge is 2.28. The van der Waals surface area contributed by atoms with Crippen LogP contribution in [0.2, 0.25) is 5.02 Å². The smallest absolute Gasteiger partial charge is 0.247 e. The Morgan fingerprint density at radius 1 is 1.19 bits per heavy atom. The maximum absolute atomic E-state index is 12.4. The van der Waals surface area contributed by atoms with Crippen LogP contribution in [0.3, 0.4) is 0 Å². The third-order valence-electron chi connectivity index (χ3n) is 7.38. The minimum absolute atomic E-state index is 0.116. The number of amides is 1. The quantitative estimate of drug-likeness (QED) is 0.237. The molecule has 1 aromatic heterocycles. The Hall–Kier alpha value is -4.57. The zero-order chi connectivity index (χ0) is 30.2. The summed E-state index contributed by atoms with van der Waals surface area (Å²) >= 11 is 6.29. The molecule has 3 heterocycles. The van der Waals surface area contributed by atoms with Gasteiger partial charge in [-0.2, -0.15) is 10.2 Å². The second-order valence-corrected chi connectivity index (χ2v) is 10.4. The monoisotopic (exact) mass is 601 g/mol. The second-order valence-electron chi connectivity index (χ2n) is 9.95. The molecule has 43 heavy (non-hydrogen) atoms. The van der Waals surface area contributed by atoms with E-state index in [1.807, 2.05) is 6.07 Å². The Morgan fingerprint density at radius 2 is 1.95 bits per heavy atom. The van der Waals surface area contributed by atoms with Gasteiger partial charge in [-0.3, -0.25) is 9.69 Å². The molecule has 2 fully saturated rings. The van der Waals surface area contributed by atoms with Crippen LogP contribution in [0.4, 0.5) is 34.5 Å². The molecular formula is C30H32ClN9O3. The first-order chi connectivity index (χ1) is 21.0. The first-order valence-electron chi connectivity index (χ1n) is 13.9.